The van der Waals surface area contributed by atoms with Crippen molar-refractivity contribution in [2.75, 3.05) is 26.3 Å². The number of thiophene rings is 1. The summed E-state index contributed by atoms with van der Waals surface area (Å²) >= 11 is 1.38. The van der Waals surface area contributed by atoms with E-state index in [1.807, 2.05) is 30.3 Å². The van der Waals surface area contributed by atoms with Gasteiger partial charge in [0.15, 0.2) is 11.5 Å². The molecule has 2 aliphatic heterocycles. The fraction of sp³-hybridized carbons (Fsp3) is 0.308. The van der Waals surface area contributed by atoms with Crippen LogP contribution in [0.15, 0.2) is 58.3 Å². The smallest absolute Gasteiger partial charge is 0.287 e. The van der Waals surface area contributed by atoms with E-state index in [1.54, 1.807) is 23.6 Å². The monoisotopic (exact) mass is 537 g/mol. The lowest BCUT2D eigenvalue weighted by Gasteiger charge is -2.24. The largest absolute Gasteiger partial charge is 0.451 e. The molecule has 0 radical (unpaired) electrons. The molecule has 5 N–H and O–H groups in total. The molecule has 0 aliphatic carbocycles. The minimum Gasteiger partial charge on any atom is -0.451 e. The number of amidine groups is 1. The molecule has 4 heterocycles. The quantitative estimate of drug-likeness (QED) is 0.251. The second-order valence-corrected chi connectivity index (χ2v) is 9.99. The number of amides is 3. The van der Waals surface area contributed by atoms with Crippen LogP contribution in [0.25, 0.3) is 11.3 Å². The van der Waals surface area contributed by atoms with E-state index in [-0.39, 0.29) is 43.6 Å². The van der Waals surface area contributed by atoms with Crippen molar-refractivity contribution >= 4 is 34.9 Å². The number of nitrogens with one attached hydrogen (secondary N) is 3. The first kappa shape index (κ1) is 25.6. The van der Waals surface area contributed by atoms with Gasteiger partial charge in [0.2, 0.25) is 11.8 Å². The highest BCUT2D eigenvalue weighted by Gasteiger charge is 2.52. The molecular weight excluding hydrogens is 510 g/mol. The molecule has 2 aliphatic rings. The molecule has 3 amide bonds. The predicted octanol–water partition coefficient (Wildman–Crippen LogP) is 1.68. The van der Waals surface area contributed by atoms with Crippen LogP contribution >= 0.6 is 11.3 Å². The number of ether oxygens (including phenoxy) is 2. The lowest BCUT2D eigenvalue weighted by Crippen LogP contribution is -2.49. The molecule has 1 spiro atoms. The van der Waals surface area contributed by atoms with Crippen molar-refractivity contribution in [1.29, 1.82) is 5.41 Å². The number of nitrogens with zero attached hydrogens (tertiary/aromatic N) is 1. The molecule has 0 saturated carbocycles. The SMILES string of the molecule is N=C(N)c1csc(CNC(=O)C2CC3(CN2C(=O)CNC(=O)c2ccc(-c4ccccc4)o2)OCCO3)c1. The Kier molecular flexibility index (Phi) is 7.27. The Hall–Kier alpha value is -4.00. The summed E-state index contributed by atoms with van der Waals surface area (Å²) in [6.45, 7) is 0.721. The zero-order chi connectivity index (χ0) is 26.7. The van der Waals surface area contributed by atoms with E-state index >= 15 is 0 Å². The Morgan fingerprint density at radius 1 is 1.11 bits per heavy atom. The number of rotatable bonds is 8. The number of nitrogens with two attached hydrogens (primary N) is 1. The Balaban J connectivity index is 1.21. The summed E-state index contributed by atoms with van der Waals surface area (Å²) in [6, 6.07) is 13.5. The van der Waals surface area contributed by atoms with Gasteiger partial charge in [-0.3, -0.25) is 19.8 Å². The maximum Gasteiger partial charge on any atom is 0.287 e. The zero-order valence-corrected chi connectivity index (χ0v) is 21.2. The minimum absolute atomic E-state index is 0.0447. The second-order valence-electron chi connectivity index (χ2n) is 8.99. The number of carbonyl (C=O) groups excluding carboxylic acids is 3. The van der Waals surface area contributed by atoms with Crippen molar-refractivity contribution in [3.05, 3.63) is 70.1 Å². The fourth-order valence-electron chi connectivity index (χ4n) is 4.51. The van der Waals surface area contributed by atoms with E-state index in [2.05, 4.69) is 10.6 Å². The molecule has 3 aromatic rings. The summed E-state index contributed by atoms with van der Waals surface area (Å²) in [6.07, 6.45) is 0.181. The normalized spacial score (nSPS) is 18.0. The molecule has 198 valence electrons. The zero-order valence-electron chi connectivity index (χ0n) is 20.4. The Labute approximate surface area is 222 Å². The maximum absolute atomic E-state index is 13.2. The third-order valence-electron chi connectivity index (χ3n) is 6.42. The number of likely N-dealkylation sites (tertiary alicyclic amines) is 1. The number of hydrogen-bond acceptors (Lipinski definition) is 8. The van der Waals surface area contributed by atoms with E-state index in [4.69, 9.17) is 25.0 Å². The summed E-state index contributed by atoms with van der Waals surface area (Å²) in [7, 11) is 0. The Bertz CT molecular complexity index is 1350. The highest BCUT2D eigenvalue weighted by Crippen LogP contribution is 2.35. The first-order chi connectivity index (χ1) is 18.3. The van der Waals surface area contributed by atoms with Gasteiger partial charge in [-0.05, 0) is 18.2 Å². The van der Waals surface area contributed by atoms with Gasteiger partial charge in [-0.15, -0.1) is 11.3 Å². The topological polar surface area (TPSA) is 160 Å². The second kappa shape index (κ2) is 10.8. The molecule has 12 heteroatoms. The van der Waals surface area contributed by atoms with Crippen molar-refractivity contribution in [1.82, 2.24) is 15.5 Å². The third kappa shape index (κ3) is 5.47. The van der Waals surface area contributed by atoms with Crippen LogP contribution in [-0.2, 0) is 25.6 Å². The first-order valence-electron chi connectivity index (χ1n) is 12.0. The molecule has 1 unspecified atom stereocenters. The summed E-state index contributed by atoms with van der Waals surface area (Å²) < 4.78 is 17.2. The third-order valence-corrected chi connectivity index (χ3v) is 7.35. The van der Waals surface area contributed by atoms with Gasteiger partial charge < -0.3 is 35.2 Å². The van der Waals surface area contributed by atoms with Crippen molar-refractivity contribution in [2.45, 2.75) is 24.8 Å². The van der Waals surface area contributed by atoms with Gasteiger partial charge in [0, 0.05) is 27.8 Å². The van der Waals surface area contributed by atoms with E-state index in [0.29, 0.717) is 24.5 Å². The molecule has 0 bridgehead atoms. The first-order valence-corrected chi connectivity index (χ1v) is 12.9. The average molecular weight is 538 g/mol. The number of hydrogen-bond donors (Lipinski definition) is 4. The lowest BCUT2D eigenvalue weighted by atomic mass is 10.1. The van der Waals surface area contributed by atoms with Crippen molar-refractivity contribution < 1.29 is 28.3 Å². The number of furan rings is 1. The highest BCUT2D eigenvalue weighted by atomic mass is 32.1. The van der Waals surface area contributed by atoms with Crippen LogP contribution in [0.3, 0.4) is 0 Å². The summed E-state index contributed by atoms with van der Waals surface area (Å²) in [5.41, 5.74) is 6.93. The summed E-state index contributed by atoms with van der Waals surface area (Å²) in [4.78, 5) is 41.2. The van der Waals surface area contributed by atoms with Crippen LogP contribution in [-0.4, -0.2) is 66.6 Å². The molecular formula is C26H27N5O6S. The van der Waals surface area contributed by atoms with Gasteiger partial charge in [-0.25, -0.2) is 0 Å². The lowest BCUT2D eigenvalue weighted by molar-refractivity contribution is -0.152. The molecule has 1 aromatic carbocycles. The molecule has 2 saturated heterocycles. The molecule has 11 nitrogen and oxygen atoms in total. The summed E-state index contributed by atoms with van der Waals surface area (Å²) in [5, 5.41) is 14.7. The molecule has 2 fully saturated rings. The molecule has 2 aromatic heterocycles. The van der Waals surface area contributed by atoms with E-state index in [1.165, 1.54) is 16.2 Å². The summed E-state index contributed by atoms with van der Waals surface area (Å²) in [5.74, 6) is -1.82. The Morgan fingerprint density at radius 2 is 1.87 bits per heavy atom. The highest BCUT2D eigenvalue weighted by molar-refractivity contribution is 7.10. The number of nitrogen functional groups attached to an aromatic ring is 1. The van der Waals surface area contributed by atoms with Crippen molar-refractivity contribution in [3.63, 3.8) is 0 Å². The van der Waals surface area contributed by atoms with Gasteiger partial charge in [-0.2, -0.15) is 0 Å². The molecule has 1 atom stereocenters. The van der Waals surface area contributed by atoms with Crippen LogP contribution in [0.2, 0.25) is 0 Å². The molecule has 5 rings (SSSR count). The predicted molar refractivity (Wildman–Crippen MR) is 138 cm³/mol. The van der Waals surface area contributed by atoms with E-state index < -0.39 is 23.6 Å². The standard InChI is InChI=1S/C26H27N5O6S/c27-23(28)17-10-18(38-14-17)12-29-24(33)19-11-26(35-8-9-36-26)15-31(19)22(32)13-30-25(34)21-7-6-20(37-21)16-4-2-1-3-5-16/h1-7,10,14,19H,8-9,11-13,15H2,(H3,27,28)(H,29,33)(H,30,34). The van der Waals surface area contributed by atoms with Gasteiger partial charge in [0.25, 0.3) is 5.91 Å². The van der Waals surface area contributed by atoms with Crippen LogP contribution < -0.4 is 16.4 Å². The van der Waals surface area contributed by atoms with E-state index in [9.17, 15) is 14.4 Å². The molecule has 38 heavy (non-hydrogen) atoms. The van der Waals surface area contributed by atoms with Crippen LogP contribution in [0, 0.1) is 5.41 Å². The minimum atomic E-state index is -1.04. The van der Waals surface area contributed by atoms with Crippen LogP contribution in [0.1, 0.15) is 27.4 Å². The van der Waals surface area contributed by atoms with Gasteiger partial charge >= 0.3 is 0 Å². The van der Waals surface area contributed by atoms with Crippen LogP contribution in [0.4, 0.5) is 0 Å². The van der Waals surface area contributed by atoms with Gasteiger partial charge in [-0.1, -0.05) is 30.3 Å². The van der Waals surface area contributed by atoms with Gasteiger partial charge in [0.05, 0.1) is 32.8 Å². The van der Waals surface area contributed by atoms with Gasteiger partial charge in [0.1, 0.15) is 17.6 Å². The Morgan fingerprint density at radius 3 is 2.58 bits per heavy atom. The van der Waals surface area contributed by atoms with Crippen LogP contribution in [0.5, 0.6) is 0 Å². The average Bonchev–Trinajstić information content (AvgIpc) is 3.73. The van der Waals surface area contributed by atoms with E-state index in [0.717, 1.165) is 10.4 Å². The fourth-order valence-corrected chi connectivity index (χ4v) is 5.33. The van der Waals surface area contributed by atoms with Crippen molar-refractivity contribution in [2.24, 2.45) is 5.73 Å². The van der Waals surface area contributed by atoms with Crippen molar-refractivity contribution in [3.8, 4) is 11.3 Å². The maximum atomic E-state index is 13.2. The number of benzene rings is 1. The number of carbonyl (C=O) groups is 3.